The molecule has 6 nitrogen and oxygen atoms in total. The van der Waals surface area contributed by atoms with Crippen molar-refractivity contribution in [1.29, 1.82) is 0 Å². The lowest BCUT2D eigenvalue weighted by molar-refractivity contribution is -0.113. The van der Waals surface area contributed by atoms with E-state index in [2.05, 4.69) is 15.5 Å². The average Bonchev–Trinajstić information content (AvgIpc) is 2.99. The molecule has 0 radical (unpaired) electrons. The van der Waals surface area contributed by atoms with E-state index in [1.165, 1.54) is 11.8 Å². The monoisotopic (exact) mass is 368 g/mol. The molecule has 0 spiro atoms. The van der Waals surface area contributed by atoms with Gasteiger partial charge in [-0.15, -0.1) is 10.2 Å². The summed E-state index contributed by atoms with van der Waals surface area (Å²) in [5, 5.41) is 21.3. The Balaban J connectivity index is 1.66. The number of thioether (sulfide) groups is 1. The van der Waals surface area contributed by atoms with Crippen LogP contribution in [0.4, 0.5) is 5.69 Å². The van der Waals surface area contributed by atoms with Crippen LogP contribution < -0.4 is 5.32 Å². The number of hydrogen-bond donors (Lipinski definition) is 2. The highest BCUT2D eigenvalue weighted by Gasteiger charge is 2.13. The standard InChI is InChI=1S/C19H20N4O2S/c1-12-5-4-6-16(13(12)2)20-17(25)11-26-19-22-21-18(23(19)3)14-7-9-15(24)10-8-14/h4-10,24H,11H2,1-3H3,(H,20,25). The summed E-state index contributed by atoms with van der Waals surface area (Å²) in [6.45, 7) is 4.01. The Labute approximate surface area is 156 Å². The number of phenolic OH excluding ortho intramolecular Hbond substituents is 1. The summed E-state index contributed by atoms with van der Waals surface area (Å²) in [5.41, 5.74) is 3.89. The number of aryl methyl sites for hydroxylation is 1. The van der Waals surface area contributed by atoms with Crippen LogP contribution in [0.2, 0.25) is 0 Å². The van der Waals surface area contributed by atoms with E-state index in [0.717, 1.165) is 22.4 Å². The molecule has 0 aliphatic heterocycles. The predicted octanol–water partition coefficient (Wildman–Crippen LogP) is 3.54. The van der Waals surface area contributed by atoms with Crippen LogP contribution in [0, 0.1) is 13.8 Å². The van der Waals surface area contributed by atoms with Crippen LogP contribution in [0.5, 0.6) is 5.75 Å². The summed E-state index contributed by atoms with van der Waals surface area (Å²) in [6, 6.07) is 12.6. The SMILES string of the molecule is Cc1cccc(NC(=O)CSc2nnc(-c3ccc(O)cc3)n2C)c1C. The van der Waals surface area contributed by atoms with E-state index in [-0.39, 0.29) is 17.4 Å². The van der Waals surface area contributed by atoms with Crippen molar-refractivity contribution in [2.75, 3.05) is 11.1 Å². The zero-order valence-electron chi connectivity index (χ0n) is 14.9. The molecule has 3 rings (SSSR count). The molecule has 0 fully saturated rings. The van der Waals surface area contributed by atoms with Gasteiger partial charge >= 0.3 is 0 Å². The molecule has 134 valence electrons. The van der Waals surface area contributed by atoms with Crippen molar-refractivity contribution in [3.63, 3.8) is 0 Å². The van der Waals surface area contributed by atoms with Gasteiger partial charge in [-0.2, -0.15) is 0 Å². The van der Waals surface area contributed by atoms with E-state index in [9.17, 15) is 9.90 Å². The molecule has 1 amide bonds. The third kappa shape index (κ3) is 3.88. The number of aromatic nitrogens is 3. The predicted molar refractivity (Wildman–Crippen MR) is 103 cm³/mol. The first-order chi connectivity index (χ1) is 12.5. The first-order valence-electron chi connectivity index (χ1n) is 8.13. The average molecular weight is 368 g/mol. The van der Waals surface area contributed by atoms with Crippen molar-refractivity contribution in [1.82, 2.24) is 14.8 Å². The zero-order chi connectivity index (χ0) is 18.7. The Morgan fingerprint density at radius 2 is 1.88 bits per heavy atom. The van der Waals surface area contributed by atoms with Crippen LogP contribution in [0.25, 0.3) is 11.4 Å². The van der Waals surface area contributed by atoms with Crippen molar-refractivity contribution < 1.29 is 9.90 Å². The number of carbonyl (C=O) groups excluding carboxylic acids is 1. The molecule has 0 unspecified atom stereocenters. The molecule has 26 heavy (non-hydrogen) atoms. The number of nitrogens with zero attached hydrogens (tertiary/aromatic N) is 3. The van der Waals surface area contributed by atoms with Gasteiger partial charge < -0.3 is 15.0 Å². The minimum atomic E-state index is -0.0853. The lowest BCUT2D eigenvalue weighted by Gasteiger charge is -2.10. The van der Waals surface area contributed by atoms with Gasteiger partial charge in [-0.3, -0.25) is 4.79 Å². The van der Waals surface area contributed by atoms with Gasteiger partial charge in [0.25, 0.3) is 0 Å². The quantitative estimate of drug-likeness (QED) is 0.674. The summed E-state index contributed by atoms with van der Waals surface area (Å²) >= 11 is 1.33. The molecule has 2 aromatic carbocycles. The van der Waals surface area contributed by atoms with E-state index in [4.69, 9.17) is 0 Å². The normalized spacial score (nSPS) is 10.7. The maximum Gasteiger partial charge on any atom is 0.234 e. The molecule has 0 aliphatic rings. The number of benzene rings is 2. The minimum Gasteiger partial charge on any atom is -0.508 e. The number of anilines is 1. The second-order valence-corrected chi connectivity index (χ2v) is 6.94. The molecule has 1 heterocycles. The van der Waals surface area contributed by atoms with Crippen molar-refractivity contribution in [2.45, 2.75) is 19.0 Å². The first-order valence-corrected chi connectivity index (χ1v) is 9.12. The largest absolute Gasteiger partial charge is 0.508 e. The summed E-state index contributed by atoms with van der Waals surface area (Å²) in [7, 11) is 1.85. The van der Waals surface area contributed by atoms with Gasteiger partial charge in [-0.05, 0) is 55.3 Å². The fourth-order valence-electron chi connectivity index (χ4n) is 2.51. The van der Waals surface area contributed by atoms with Gasteiger partial charge in [-0.25, -0.2) is 0 Å². The third-order valence-electron chi connectivity index (χ3n) is 4.17. The van der Waals surface area contributed by atoms with Gasteiger partial charge in [0.2, 0.25) is 5.91 Å². The van der Waals surface area contributed by atoms with Gasteiger partial charge in [0.05, 0.1) is 5.75 Å². The fourth-order valence-corrected chi connectivity index (χ4v) is 3.22. The van der Waals surface area contributed by atoms with E-state index in [0.29, 0.717) is 11.0 Å². The van der Waals surface area contributed by atoms with Crippen LogP contribution >= 0.6 is 11.8 Å². The molecule has 0 saturated carbocycles. The van der Waals surface area contributed by atoms with Crippen LogP contribution in [0.1, 0.15) is 11.1 Å². The second-order valence-electron chi connectivity index (χ2n) is 6.00. The zero-order valence-corrected chi connectivity index (χ0v) is 15.7. The van der Waals surface area contributed by atoms with Gasteiger partial charge in [0.1, 0.15) is 5.75 Å². The summed E-state index contributed by atoms with van der Waals surface area (Å²) in [5.74, 6) is 1.04. The van der Waals surface area contributed by atoms with Crippen LogP contribution in [-0.4, -0.2) is 31.5 Å². The van der Waals surface area contributed by atoms with Gasteiger partial charge in [0.15, 0.2) is 11.0 Å². The molecule has 0 atom stereocenters. The van der Waals surface area contributed by atoms with E-state index < -0.39 is 0 Å². The fraction of sp³-hybridized carbons (Fsp3) is 0.211. The molecular weight excluding hydrogens is 348 g/mol. The Morgan fingerprint density at radius 3 is 2.62 bits per heavy atom. The number of phenols is 1. The molecule has 2 N–H and O–H groups in total. The van der Waals surface area contributed by atoms with E-state index in [1.807, 2.05) is 43.7 Å². The third-order valence-corrected chi connectivity index (χ3v) is 5.19. The lowest BCUT2D eigenvalue weighted by Crippen LogP contribution is -2.15. The molecule has 1 aromatic heterocycles. The Kier molecular flexibility index (Phi) is 5.27. The van der Waals surface area contributed by atoms with Gasteiger partial charge in [0, 0.05) is 18.3 Å². The Morgan fingerprint density at radius 1 is 1.15 bits per heavy atom. The van der Waals surface area contributed by atoms with Crippen molar-refractivity contribution in [2.24, 2.45) is 7.05 Å². The highest BCUT2D eigenvalue weighted by atomic mass is 32.2. The molecule has 0 bridgehead atoms. The number of hydrogen-bond acceptors (Lipinski definition) is 5. The molecular formula is C19H20N4O2S. The highest BCUT2D eigenvalue weighted by Crippen LogP contribution is 2.24. The second kappa shape index (κ2) is 7.61. The Bertz CT molecular complexity index is 935. The topological polar surface area (TPSA) is 80.0 Å². The number of nitrogens with one attached hydrogen (secondary N) is 1. The summed E-state index contributed by atoms with van der Waals surface area (Å²) < 4.78 is 1.84. The molecule has 0 aliphatic carbocycles. The number of aromatic hydroxyl groups is 1. The number of carbonyl (C=O) groups is 1. The Hall–Kier alpha value is -2.80. The smallest absolute Gasteiger partial charge is 0.234 e. The maximum atomic E-state index is 12.3. The number of rotatable bonds is 5. The number of amides is 1. The van der Waals surface area contributed by atoms with Crippen molar-refractivity contribution in [3.8, 4) is 17.1 Å². The maximum absolute atomic E-state index is 12.3. The highest BCUT2D eigenvalue weighted by molar-refractivity contribution is 7.99. The molecule has 7 heteroatoms. The lowest BCUT2D eigenvalue weighted by atomic mass is 10.1. The van der Waals surface area contributed by atoms with Crippen molar-refractivity contribution >= 4 is 23.4 Å². The minimum absolute atomic E-state index is 0.0853. The summed E-state index contributed by atoms with van der Waals surface area (Å²) in [6.07, 6.45) is 0. The van der Waals surface area contributed by atoms with Crippen LogP contribution in [-0.2, 0) is 11.8 Å². The summed E-state index contributed by atoms with van der Waals surface area (Å²) in [4.78, 5) is 12.3. The first kappa shape index (κ1) is 18.0. The van der Waals surface area contributed by atoms with E-state index in [1.54, 1.807) is 24.3 Å². The van der Waals surface area contributed by atoms with Crippen LogP contribution in [0.3, 0.4) is 0 Å². The van der Waals surface area contributed by atoms with E-state index >= 15 is 0 Å². The molecule has 3 aromatic rings. The van der Waals surface area contributed by atoms with Gasteiger partial charge in [-0.1, -0.05) is 23.9 Å². The molecule has 0 saturated heterocycles. The van der Waals surface area contributed by atoms with Crippen molar-refractivity contribution in [3.05, 3.63) is 53.6 Å². The van der Waals surface area contributed by atoms with Crippen LogP contribution in [0.15, 0.2) is 47.6 Å².